The third kappa shape index (κ3) is 3.65. The van der Waals surface area contributed by atoms with Gasteiger partial charge in [0.25, 0.3) is 0 Å². The Bertz CT molecular complexity index is 681. The van der Waals surface area contributed by atoms with Gasteiger partial charge in [0.2, 0.25) is 0 Å². The molecule has 0 aliphatic heterocycles. The summed E-state index contributed by atoms with van der Waals surface area (Å²) in [4.78, 5) is 9.97. The number of carbonyl (C=O) groups is 1. The molecule has 1 atom stereocenters. The van der Waals surface area contributed by atoms with E-state index in [-0.39, 0.29) is 18.2 Å². The number of hydrogen-bond donors (Lipinski definition) is 1. The smallest absolute Gasteiger partial charge is 0.435 e. The van der Waals surface area contributed by atoms with E-state index in [4.69, 9.17) is 5.11 Å². The Hall–Kier alpha value is -1.65. The molecule has 0 amide bonds. The third-order valence-corrected chi connectivity index (χ3v) is 5.17. The number of rotatable bonds is 5. The summed E-state index contributed by atoms with van der Waals surface area (Å²) in [5.41, 5.74) is -8.94. The van der Waals surface area contributed by atoms with Crippen LogP contribution in [0.2, 0.25) is 0 Å². The molecule has 25 heavy (non-hydrogen) atoms. The summed E-state index contributed by atoms with van der Waals surface area (Å²) in [6.07, 6.45) is -12.7. The molecule has 3 nitrogen and oxygen atoms in total. The van der Waals surface area contributed by atoms with Gasteiger partial charge < -0.3 is 5.11 Å². The van der Waals surface area contributed by atoms with E-state index < -0.39 is 56.4 Å². The molecule has 0 aliphatic rings. The number of carboxylic acid groups (broad SMARTS) is 1. The van der Waals surface area contributed by atoms with Gasteiger partial charge in [0.1, 0.15) is 0 Å². The predicted octanol–water partition coefficient (Wildman–Crippen LogP) is 4.50. The van der Waals surface area contributed by atoms with Crippen molar-refractivity contribution >= 4 is 16.8 Å². The van der Waals surface area contributed by atoms with Crippen molar-refractivity contribution in [3.8, 4) is 0 Å². The minimum atomic E-state index is -6.38. The maximum absolute atomic E-state index is 14.4. The van der Waals surface area contributed by atoms with Crippen molar-refractivity contribution < 1.29 is 44.8 Å². The highest BCUT2D eigenvalue weighted by Crippen LogP contribution is 2.54. The molecule has 0 heterocycles. The lowest BCUT2D eigenvalue weighted by molar-refractivity contribution is -0.349. The van der Waals surface area contributed by atoms with Crippen LogP contribution in [-0.4, -0.2) is 33.4 Å². The Labute approximate surface area is 140 Å². The summed E-state index contributed by atoms with van der Waals surface area (Å²) >= 11 is 0. The average Bonchev–Trinajstić information content (AvgIpc) is 2.43. The lowest BCUT2D eigenvalue weighted by atomic mass is 9.91. The summed E-state index contributed by atoms with van der Waals surface area (Å²) in [5.74, 6) is -2.01. The minimum absolute atomic E-state index is 0.0837. The zero-order valence-electron chi connectivity index (χ0n) is 12.9. The van der Waals surface area contributed by atoms with Gasteiger partial charge in [-0.05, 0) is 25.0 Å². The average molecular weight is 394 g/mol. The maximum Gasteiger partial charge on any atom is 0.435 e. The Morgan fingerprint density at radius 3 is 1.92 bits per heavy atom. The van der Waals surface area contributed by atoms with Crippen LogP contribution in [0.5, 0.6) is 0 Å². The van der Waals surface area contributed by atoms with Gasteiger partial charge in [-0.1, -0.05) is 13.0 Å². The molecule has 1 N–H and O–H groups in total. The number of hydrogen-bond acceptors (Lipinski definition) is 2. The molecule has 1 aromatic rings. The summed E-state index contributed by atoms with van der Waals surface area (Å²) in [7, 11) is -2.45. The number of carboxylic acids is 1. The predicted molar refractivity (Wildman–Crippen MR) is 74.6 cm³/mol. The first-order chi connectivity index (χ1) is 11.2. The van der Waals surface area contributed by atoms with Crippen LogP contribution in [0.3, 0.4) is 0 Å². The Kier molecular flexibility index (Phi) is 5.93. The normalized spacial score (nSPS) is 14.4. The molecule has 0 radical (unpaired) electrons. The van der Waals surface area contributed by atoms with E-state index in [1.165, 1.54) is 6.92 Å². The summed E-state index contributed by atoms with van der Waals surface area (Å²) in [5, 5.41) is 8.98. The Balaban J connectivity index is 3.94. The van der Waals surface area contributed by atoms with Crippen molar-refractivity contribution in [1.29, 1.82) is 0 Å². The first kappa shape index (κ1) is 21.4. The monoisotopic (exact) mass is 394 g/mol. The van der Waals surface area contributed by atoms with Crippen LogP contribution in [0.4, 0.5) is 30.7 Å². The molecule has 0 spiro atoms. The molecule has 1 aromatic carbocycles. The van der Waals surface area contributed by atoms with E-state index in [0.29, 0.717) is 6.07 Å². The van der Waals surface area contributed by atoms with E-state index in [0.717, 1.165) is 6.92 Å². The minimum Gasteiger partial charge on any atom is -0.478 e. The van der Waals surface area contributed by atoms with Gasteiger partial charge in [-0.2, -0.15) is 26.3 Å². The highest BCUT2D eigenvalue weighted by molar-refractivity contribution is 7.85. The summed E-state index contributed by atoms with van der Waals surface area (Å²) < 4.78 is 105. The molecule has 142 valence electrons. The van der Waals surface area contributed by atoms with Gasteiger partial charge in [-0.25, -0.2) is 9.18 Å². The van der Waals surface area contributed by atoms with Crippen molar-refractivity contribution in [2.75, 3.05) is 5.75 Å². The standard InChI is InChI=1S/C14H13F7O3S/c1-3-6-25(24)10-7(2)8(11(22)23)4-5-9(10)12(15,13(16,17)18)14(19,20)21/h4-5H,3,6H2,1-2H3,(H,22,23). The number of alkyl halides is 7. The second-order valence-corrected chi connectivity index (χ2v) is 6.63. The highest BCUT2D eigenvalue weighted by Gasteiger charge is 2.74. The third-order valence-electron chi connectivity index (χ3n) is 3.41. The zero-order valence-corrected chi connectivity index (χ0v) is 13.7. The topological polar surface area (TPSA) is 54.4 Å². The van der Waals surface area contributed by atoms with Gasteiger partial charge in [0.15, 0.2) is 0 Å². The molecule has 0 saturated carbocycles. The van der Waals surface area contributed by atoms with E-state index >= 15 is 0 Å². The highest BCUT2D eigenvalue weighted by atomic mass is 32.2. The lowest BCUT2D eigenvalue weighted by Crippen LogP contribution is -2.51. The van der Waals surface area contributed by atoms with Gasteiger partial charge in [0.05, 0.1) is 16.4 Å². The van der Waals surface area contributed by atoms with Crippen LogP contribution < -0.4 is 0 Å². The van der Waals surface area contributed by atoms with E-state index in [1.54, 1.807) is 0 Å². The molecule has 0 aromatic heterocycles. The molecule has 1 unspecified atom stereocenters. The van der Waals surface area contributed by atoms with Gasteiger partial charge in [0, 0.05) is 16.2 Å². The van der Waals surface area contributed by atoms with Crippen molar-refractivity contribution in [3.63, 3.8) is 0 Å². The van der Waals surface area contributed by atoms with Gasteiger partial charge >= 0.3 is 24.0 Å². The van der Waals surface area contributed by atoms with Crippen molar-refractivity contribution in [2.45, 2.75) is 43.2 Å². The fraction of sp³-hybridized carbons (Fsp3) is 0.500. The second kappa shape index (κ2) is 6.93. The van der Waals surface area contributed by atoms with Crippen molar-refractivity contribution in [3.05, 3.63) is 28.8 Å². The van der Waals surface area contributed by atoms with Crippen LogP contribution in [-0.2, 0) is 16.5 Å². The summed E-state index contributed by atoms with van der Waals surface area (Å²) in [6.45, 7) is 2.35. The van der Waals surface area contributed by atoms with Crippen LogP contribution in [0, 0.1) is 6.92 Å². The number of halogens is 7. The fourth-order valence-corrected chi connectivity index (χ4v) is 3.72. The van der Waals surface area contributed by atoms with E-state index in [9.17, 15) is 39.7 Å². The number of aromatic carboxylic acids is 1. The molecule has 0 aliphatic carbocycles. The fourth-order valence-electron chi connectivity index (χ4n) is 2.24. The van der Waals surface area contributed by atoms with Crippen molar-refractivity contribution in [2.24, 2.45) is 0 Å². The lowest BCUT2D eigenvalue weighted by Gasteiger charge is -2.32. The van der Waals surface area contributed by atoms with Crippen LogP contribution >= 0.6 is 0 Å². The maximum atomic E-state index is 14.4. The SMILES string of the molecule is CCCS(=O)c1c(C(F)(C(F)(F)F)C(F)(F)F)ccc(C(=O)O)c1C. The first-order valence-corrected chi connectivity index (χ1v) is 8.10. The molecular weight excluding hydrogens is 381 g/mol. The van der Waals surface area contributed by atoms with Gasteiger partial charge in [-0.15, -0.1) is 0 Å². The van der Waals surface area contributed by atoms with Gasteiger partial charge in [-0.3, -0.25) is 4.21 Å². The quantitative estimate of drug-likeness (QED) is 0.749. The molecule has 0 saturated heterocycles. The van der Waals surface area contributed by atoms with Crippen LogP contribution in [0.15, 0.2) is 17.0 Å². The van der Waals surface area contributed by atoms with E-state index in [2.05, 4.69) is 0 Å². The molecule has 1 rings (SSSR count). The Morgan fingerprint density at radius 2 is 1.56 bits per heavy atom. The van der Waals surface area contributed by atoms with Crippen molar-refractivity contribution in [1.82, 2.24) is 0 Å². The van der Waals surface area contributed by atoms with Crippen LogP contribution in [0.1, 0.15) is 34.8 Å². The molecule has 0 fully saturated rings. The molecular formula is C14H13F7O3S. The second-order valence-electron chi connectivity index (χ2n) is 5.12. The Morgan fingerprint density at radius 1 is 1.08 bits per heavy atom. The summed E-state index contributed by atoms with van der Waals surface area (Å²) in [6, 6.07) is 0.520. The molecule has 0 bridgehead atoms. The first-order valence-electron chi connectivity index (χ1n) is 6.78. The number of benzene rings is 1. The van der Waals surface area contributed by atoms with Crippen LogP contribution in [0.25, 0.3) is 0 Å². The largest absolute Gasteiger partial charge is 0.478 e. The van der Waals surface area contributed by atoms with E-state index in [1.807, 2.05) is 0 Å². The molecule has 11 heteroatoms. The zero-order chi connectivity index (χ0) is 19.8.